The Morgan fingerprint density at radius 2 is 1.52 bits per heavy atom. The number of nitrogens with one attached hydrogen (secondary N) is 3. The Morgan fingerprint density at radius 1 is 0.920 bits per heavy atom. The van der Waals surface area contributed by atoms with Crippen LogP contribution in [0.4, 0.5) is 17.1 Å². The highest BCUT2D eigenvalue weighted by Crippen LogP contribution is 2.16. The number of para-hydroxylation sites is 1. The van der Waals surface area contributed by atoms with Crippen molar-refractivity contribution >= 4 is 34.8 Å². The molecule has 7 heteroatoms. The third kappa shape index (κ3) is 5.35. The van der Waals surface area contributed by atoms with Gasteiger partial charge in [-0.25, -0.2) is 4.79 Å². The lowest BCUT2D eigenvalue weighted by atomic mass is 10.2. The van der Waals surface area contributed by atoms with E-state index in [1.54, 1.807) is 48.5 Å². The molecule has 0 aliphatic rings. The summed E-state index contributed by atoms with van der Waals surface area (Å²) in [7, 11) is 1.30. The molecule has 0 radical (unpaired) electrons. The van der Waals surface area contributed by atoms with Crippen molar-refractivity contribution in [1.82, 2.24) is 0 Å². The van der Waals surface area contributed by atoms with Crippen LogP contribution < -0.4 is 16.0 Å². The molecule has 3 N–H and O–H groups in total. The van der Waals surface area contributed by atoms with Crippen molar-refractivity contribution in [3.63, 3.8) is 0 Å². The average Bonchev–Trinajstić information content (AvgIpc) is 2.61. The number of anilines is 3. The van der Waals surface area contributed by atoms with Gasteiger partial charge in [-0.2, -0.15) is 0 Å². The summed E-state index contributed by atoms with van der Waals surface area (Å²) in [6.45, 7) is 1.41. The molecule has 0 saturated heterocycles. The number of benzene rings is 2. The number of hydrogen-bond donors (Lipinski definition) is 3. The zero-order valence-corrected chi connectivity index (χ0v) is 14.0. The molecule has 0 bridgehead atoms. The molecule has 0 unspecified atom stereocenters. The Hall–Kier alpha value is -3.35. The van der Waals surface area contributed by atoms with E-state index in [0.717, 1.165) is 0 Å². The summed E-state index contributed by atoms with van der Waals surface area (Å²) in [6, 6.07) is 13.5. The molecule has 0 aliphatic heterocycles. The molecule has 0 aromatic heterocycles. The van der Waals surface area contributed by atoms with E-state index in [0.29, 0.717) is 22.6 Å². The Balaban J connectivity index is 1.93. The summed E-state index contributed by atoms with van der Waals surface area (Å²) in [5, 5.41) is 8.29. The van der Waals surface area contributed by atoms with Gasteiger partial charge in [0.25, 0.3) is 0 Å². The lowest BCUT2D eigenvalue weighted by molar-refractivity contribution is -0.115. The van der Waals surface area contributed by atoms with Gasteiger partial charge in [-0.3, -0.25) is 9.59 Å². The zero-order chi connectivity index (χ0) is 18.2. The predicted molar refractivity (Wildman–Crippen MR) is 95.6 cm³/mol. The topological polar surface area (TPSA) is 96.5 Å². The van der Waals surface area contributed by atoms with Crippen LogP contribution in [-0.4, -0.2) is 31.4 Å². The standard InChI is InChI=1S/C18H19N3O4/c1-12(22)20-13-7-9-14(10-8-13)21-17(23)11-19-16-6-4-3-5-15(16)18(24)25-2/h3-10,19H,11H2,1-2H3,(H,20,22)(H,21,23). The first kappa shape index (κ1) is 18.0. The monoisotopic (exact) mass is 341 g/mol. The Labute approximate surface area is 145 Å². The number of esters is 1. The molecular weight excluding hydrogens is 322 g/mol. The SMILES string of the molecule is COC(=O)c1ccccc1NCC(=O)Nc1ccc(NC(C)=O)cc1. The van der Waals surface area contributed by atoms with E-state index >= 15 is 0 Å². The molecule has 0 atom stereocenters. The summed E-state index contributed by atoms with van der Waals surface area (Å²) in [5.74, 6) is -0.908. The highest BCUT2D eigenvalue weighted by Gasteiger charge is 2.11. The first-order valence-corrected chi connectivity index (χ1v) is 7.58. The molecule has 2 aromatic rings. The molecule has 0 heterocycles. The van der Waals surface area contributed by atoms with Crippen molar-refractivity contribution in [3.8, 4) is 0 Å². The van der Waals surface area contributed by atoms with Crippen LogP contribution in [0.3, 0.4) is 0 Å². The van der Waals surface area contributed by atoms with Gasteiger partial charge in [0.15, 0.2) is 0 Å². The number of carbonyl (C=O) groups excluding carboxylic acids is 3. The van der Waals surface area contributed by atoms with E-state index in [4.69, 9.17) is 4.74 Å². The second kappa shape index (κ2) is 8.49. The van der Waals surface area contributed by atoms with Gasteiger partial charge in [-0.1, -0.05) is 12.1 Å². The average molecular weight is 341 g/mol. The Bertz CT molecular complexity index is 772. The van der Waals surface area contributed by atoms with Gasteiger partial charge < -0.3 is 20.7 Å². The van der Waals surface area contributed by atoms with E-state index in [1.165, 1.54) is 14.0 Å². The van der Waals surface area contributed by atoms with E-state index in [2.05, 4.69) is 16.0 Å². The normalized spacial score (nSPS) is 9.84. The molecular formula is C18H19N3O4. The van der Waals surface area contributed by atoms with Crippen LogP contribution in [0.5, 0.6) is 0 Å². The van der Waals surface area contributed by atoms with Gasteiger partial charge in [-0.05, 0) is 36.4 Å². The third-order valence-corrected chi connectivity index (χ3v) is 3.26. The van der Waals surface area contributed by atoms with Gasteiger partial charge in [0, 0.05) is 24.0 Å². The second-order valence-corrected chi connectivity index (χ2v) is 5.20. The van der Waals surface area contributed by atoms with Crippen molar-refractivity contribution < 1.29 is 19.1 Å². The third-order valence-electron chi connectivity index (χ3n) is 3.26. The van der Waals surface area contributed by atoms with Crippen molar-refractivity contribution in [1.29, 1.82) is 0 Å². The number of hydrogen-bond acceptors (Lipinski definition) is 5. The quantitative estimate of drug-likeness (QED) is 0.702. The van der Waals surface area contributed by atoms with E-state index in [9.17, 15) is 14.4 Å². The fraction of sp³-hybridized carbons (Fsp3) is 0.167. The van der Waals surface area contributed by atoms with Crippen LogP contribution in [0.2, 0.25) is 0 Å². The molecule has 0 fully saturated rings. The number of ether oxygens (including phenoxy) is 1. The molecule has 25 heavy (non-hydrogen) atoms. The van der Waals surface area contributed by atoms with Gasteiger partial charge in [0.05, 0.1) is 19.2 Å². The maximum Gasteiger partial charge on any atom is 0.339 e. The summed E-state index contributed by atoms with van der Waals surface area (Å²) in [6.07, 6.45) is 0. The minimum atomic E-state index is -0.475. The predicted octanol–water partition coefficient (Wildman–Crippen LogP) is 2.48. The van der Waals surface area contributed by atoms with Crippen molar-refractivity contribution in [2.45, 2.75) is 6.92 Å². The fourth-order valence-electron chi connectivity index (χ4n) is 2.15. The Kier molecular flexibility index (Phi) is 6.11. The number of methoxy groups -OCH3 is 1. The van der Waals surface area contributed by atoms with Crippen LogP contribution in [0, 0.1) is 0 Å². The molecule has 0 aliphatic carbocycles. The van der Waals surface area contributed by atoms with E-state index < -0.39 is 5.97 Å². The lowest BCUT2D eigenvalue weighted by Gasteiger charge is -2.11. The summed E-state index contributed by atoms with van der Waals surface area (Å²) >= 11 is 0. The van der Waals surface area contributed by atoms with Crippen molar-refractivity contribution in [2.75, 3.05) is 29.6 Å². The van der Waals surface area contributed by atoms with Gasteiger partial charge in [-0.15, -0.1) is 0 Å². The second-order valence-electron chi connectivity index (χ2n) is 5.20. The number of rotatable bonds is 6. The van der Waals surface area contributed by atoms with Gasteiger partial charge >= 0.3 is 5.97 Å². The van der Waals surface area contributed by atoms with Crippen molar-refractivity contribution in [3.05, 3.63) is 54.1 Å². The van der Waals surface area contributed by atoms with Crippen LogP contribution in [-0.2, 0) is 14.3 Å². The first-order chi connectivity index (χ1) is 12.0. The highest BCUT2D eigenvalue weighted by molar-refractivity contribution is 5.98. The molecule has 130 valence electrons. The zero-order valence-electron chi connectivity index (χ0n) is 14.0. The minimum absolute atomic E-state index is 0.0124. The molecule has 7 nitrogen and oxygen atoms in total. The largest absolute Gasteiger partial charge is 0.465 e. The smallest absolute Gasteiger partial charge is 0.339 e. The highest BCUT2D eigenvalue weighted by atomic mass is 16.5. The minimum Gasteiger partial charge on any atom is -0.465 e. The summed E-state index contributed by atoms with van der Waals surface area (Å²) < 4.78 is 4.71. The van der Waals surface area contributed by atoms with Crippen LogP contribution in [0.25, 0.3) is 0 Å². The van der Waals surface area contributed by atoms with Gasteiger partial charge in [0.2, 0.25) is 11.8 Å². The summed E-state index contributed by atoms with van der Waals surface area (Å²) in [4.78, 5) is 34.7. The fourth-order valence-corrected chi connectivity index (χ4v) is 2.15. The maximum absolute atomic E-state index is 12.0. The lowest BCUT2D eigenvalue weighted by Crippen LogP contribution is -2.22. The Morgan fingerprint density at radius 3 is 2.12 bits per heavy atom. The summed E-state index contributed by atoms with van der Waals surface area (Å²) in [5.41, 5.74) is 2.13. The number of carbonyl (C=O) groups is 3. The first-order valence-electron chi connectivity index (χ1n) is 7.58. The van der Waals surface area contributed by atoms with Crippen LogP contribution >= 0.6 is 0 Å². The molecule has 2 rings (SSSR count). The number of amides is 2. The molecule has 2 amide bonds. The maximum atomic E-state index is 12.0. The van der Waals surface area contributed by atoms with Crippen molar-refractivity contribution in [2.24, 2.45) is 0 Å². The van der Waals surface area contributed by atoms with E-state index in [-0.39, 0.29) is 18.4 Å². The van der Waals surface area contributed by atoms with Crippen LogP contribution in [0.1, 0.15) is 17.3 Å². The molecule has 0 spiro atoms. The van der Waals surface area contributed by atoms with E-state index in [1.807, 2.05) is 0 Å². The molecule has 2 aromatic carbocycles. The van der Waals surface area contributed by atoms with Crippen LogP contribution in [0.15, 0.2) is 48.5 Å². The molecule has 0 saturated carbocycles. The van der Waals surface area contributed by atoms with Gasteiger partial charge in [0.1, 0.15) is 0 Å².